The second-order valence-corrected chi connectivity index (χ2v) is 8.05. The topological polar surface area (TPSA) is 113 Å². The largest absolute Gasteiger partial charge is 0.481 e. The molecule has 0 saturated heterocycles. The maximum Gasteiger partial charge on any atom is 0.305 e. The van der Waals surface area contributed by atoms with Crippen LogP contribution in [0.1, 0.15) is 30.6 Å². The molecule has 3 N–H and O–H groups in total. The molecule has 178 valence electrons. The van der Waals surface area contributed by atoms with E-state index in [1.54, 1.807) is 48.5 Å². The van der Waals surface area contributed by atoms with Crippen LogP contribution in [0, 0.1) is 11.7 Å². The number of amides is 1. The van der Waals surface area contributed by atoms with E-state index in [0.717, 1.165) is 11.3 Å². The van der Waals surface area contributed by atoms with E-state index in [-0.39, 0.29) is 36.6 Å². The van der Waals surface area contributed by atoms with Crippen LogP contribution in [0.3, 0.4) is 0 Å². The van der Waals surface area contributed by atoms with Gasteiger partial charge in [0.25, 0.3) is 5.91 Å². The van der Waals surface area contributed by atoms with Crippen molar-refractivity contribution >= 4 is 17.6 Å². The maximum atomic E-state index is 13.1. The summed E-state index contributed by atoms with van der Waals surface area (Å²) in [5.74, 6) is -0.967. The van der Waals surface area contributed by atoms with Crippen LogP contribution in [0.2, 0.25) is 0 Å². The van der Waals surface area contributed by atoms with E-state index in [4.69, 9.17) is 9.84 Å². The molecular weight excluding hydrogens is 439 g/mol. The summed E-state index contributed by atoms with van der Waals surface area (Å²) in [6, 6.07) is 16.4. The van der Waals surface area contributed by atoms with Gasteiger partial charge in [-0.15, -0.1) is 10.2 Å². The summed E-state index contributed by atoms with van der Waals surface area (Å²) in [6.07, 6.45) is -0.124. The van der Waals surface area contributed by atoms with Gasteiger partial charge in [-0.3, -0.25) is 9.59 Å². The van der Waals surface area contributed by atoms with Gasteiger partial charge in [0.15, 0.2) is 0 Å². The van der Waals surface area contributed by atoms with Crippen molar-refractivity contribution in [2.75, 3.05) is 18.5 Å². The Balaban J connectivity index is 1.54. The van der Waals surface area contributed by atoms with Gasteiger partial charge in [-0.2, -0.15) is 0 Å². The van der Waals surface area contributed by atoms with Crippen LogP contribution in [-0.2, 0) is 4.79 Å². The summed E-state index contributed by atoms with van der Waals surface area (Å²) >= 11 is 0. The normalized spacial score (nSPS) is 11.6. The Kier molecular flexibility index (Phi) is 8.50. The van der Waals surface area contributed by atoms with Crippen LogP contribution in [0.5, 0.6) is 5.88 Å². The van der Waals surface area contributed by atoms with Gasteiger partial charge < -0.3 is 20.5 Å². The summed E-state index contributed by atoms with van der Waals surface area (Å²) in [5.41, 5.74) is 2.66. The highest BCUT2D eigenvalue weighted by Gasteiger charge is 2.15. The van der Waals surface area contributed by atoms with Crippen LogP contribution in [0.15, 0.2) is 60.7 Å². The van der Waals surface area contributed by atoms with Gasteiger partial charge in [0.05, 0.1) is 18.2 Å². The molecule has 0 unspecified atom stereocenters. The molecule has 3 aromatic rings. The number of hydrogen-bond acceptors (Lipinski definition) is 6. The standard InChI is InChI=1S/C25H27FN4O4/c1-16(2)22(28-20-9-5-18(6-10-20)25(33)27-14-13-24(31)32)15-34-23-12-11-21(29-30-23)17-3-7-19(26)8-4-17/h3-12,16,22,28H,13-15H2,1-2H3,(H,27,33)(H,31,32)/t22-/m1/s1. The Labute approximate surface area is 197 Å². The van der Waals surface area contributed by atoms with Crippen molar-refractivity contribution in [1.29, 1.82) is 0 Å². The third kappa shape index (κ3) is 7.26. The highest BCUT2D eigenvalue weighted by Crippen LogP contribution is 2.19. The number of nitrogens with one attached hydrogen (secondary N) is 2. The Morgan fingerprint density at radius 2 is 1.71 bits per heavy atom. The van der Waals surface area contributed by atoms with Gasteiger partial charge in [-0.05, 0) is 60.5 Å². The van der Waals surface area contributed by atoms with Crippen molar-refractivity contribution in [3.8, 4) is 17.1 Å². The molecule has 0 aliphatic carbocycles. The molecule has 0 aliphatic rings. The van der Waals surface area contributed by atoms with Crippen LogP contribution < -0.4 is 15.4 Å². The fourth-order valence-electron chi connectivity index (χ4n) is 3.06. The number of aromatic nitrogens is 2. The molecule has 1 atom stereocenters. The lowest BCUT2D eigenvalue weighted by molar-refractivity contribution is -0.136. The van der Waals surface area contributed by atoms with Crippen molar-refractivity contribution in [2.24, 2.45) is 5.92 Å². The molecule has 8 nitrogen and oxygen atoms in total. The molecule has 34 heavy (non-hydrogen) atoms. The van der Waals surface area contributed by atoms with Gasteiger partial charge in [0.2, 0.25) is 5.88 Å². The summed E-state index contributed by atoms with van der Waals surface area (Å²) in [5, 5.41) is 22.9. The van der Waals surface area contributed by atoms with E-state index < -0.39 is 5.97 Å². The fraction of sp³-hybridized carbons (Fsp3) is 0.280. The van der Waals surface area contributed by atoms with Crippen molar-refractivity contribution in [3.63, 3.8) is 0 Å². The first-order valence-corrected chi connectivity index (χ1v) is 10.9. The molecule has 0 radical (unpaired) electrons. The van der Waals surface area contributed by atoms with E-state index >= 15 is 0 Å². The van der Waals surface area contributed by atoms with E-state index in [2.05, 4.69) is 34.7 Å². The molecule has 1 amide bonds. The summed E-state index contributed by atoms with van der Waals surface area (Å²) < 4.78 is 18.9. The number of anilines is 1. The van der Waals surface area contributed by atoms with Gasteiger partial charge in [-0.25, -0.2) is 4.39 Å². The van der Waals surface area contributed by atoms with Crippen LogP contribution in [-0.4, -0.2) is 46.4 Å². The van der Waals surface area contributed by atoms with E-state index in [9.17, 15) is 14.0 Å². The molecular formula is C25H27FN4O4. The zero-order valence-corrected chi connectivity index (χ0v) is 19.0. The minimum atomic E-state index is -0.961. The predicted molar refractivity (Wildman–Crippen MR) is 126 cm³/mol. The van der Waals surface area contributed by atoms with E-state index in [1.165, 1.54) is 12.1 Å². The molecule has 9 heteroatoms. The number of benzene rings is 2. The number of carbonyl (C=O) groups is 2. The average molecular weight is 467 g/mol. The number of carboxylic acids is 1. The van der Waals surface area contributed by atoms with Crippen molar-refractivity contribution in [2.45, 2.75) is 26.3 Å². The number of aliphatic carboxylic acids is 1. The molecule has 2 aromatic carbocycles. The lowest BCUT2D eigenvalue weighted by atomic mass is 10.0. The highest BCUT2D eigenvalue weighted by molar-refractivity contribution is 5.94. The van der Waals surface area contributed by atoms with Crippen LogP contribution in [0.4, 0.5) is 10.1 Å². The van der Waals surface area contributed by atoms with Crippen molar-refractivity contribution in [1.82, 2.24) is 15.5 Å². The van der Waals surface area contributed by atoms with E-state index in [0.29, 0.717) is 23.7 Å². The van der Waals surface area contributed by atoms with Crippen LogP contribution >= 0.6 is 0 Å². The number of ether oxygens (including phenoxy) is 1. The van der Waals surface area contributed by atoms with Gasteiger partial charge in [0, 0.05) is 29.4 Å². The Morgan fingerprint density at radius 1 is 1.00 bits per heavy atom. The smallest absolute Gasteiger partial charge is 0.305 e. The highest BCUT2D eigenvalue weighted by atomic mass is 19.1. The quantitative estimate of drug-likeness (QED) is 0.391. The van der Waals surface area contributed by atoms with Gasteiger partial charge >= 0.3 is 5.97 Å². The molecule has 0 fully saturated rings. The Morgan fingerprint density at radius 3 is 2.29 bits per heavy atom. The second kappa shape index (κ2) is 11.7. The van der Waals surface area contributed by atoms with Crippen LogP contribution in [0.25, 0.3) is 11.3 Å². The second-order valence-electron chi connectivity index (χ2n) is 8.05. The third-order valence-electron chi connectivity index (χ3n) is 5.12. The third-order valence-corrected chi connectivity index (χ3v) is 5.12. The minimum absolute atomic E-state index is 0.0335. The first kappa shape index (κ1) is 24.6. The number of halogens is 1. The average Bonchev–Trinajstić information content (AvgIpc) is 2.82. The first-order chi connectivity index (χ1) is 16.3. The number of rotatable bonds is 11. The molecule has 3 rings (SSSR count). The molecule has 0 aliphatic heterocycles. The Hall–Kier alpha value is -4.01. The van der Waals surface area contributed by atoms with E-state index in [1.807, 2.05) is 0 Å². The molecule has 1 heterocycles. The number of carbonyl (C=O) groups excluding carboxylic acids is 1. The first-order valence-electron chi connectivity index (χ1n) is 10.9. The number of carboxylic acid groups (broad SMARTS) is 1. The Bertz CT molecular complexity index is 1090. The summed E-state index contributed by atoms with van der Waals surface area (Å²) in [7, 11) is 0. The SMILES string of the molecule is CC(C)[C@@H](COc1ccc(-c2ccc(F)cc2)nn1)Nc1ccc(C(=O)NCCC(=O)O)cc1. The molecule has 0 spiro atoms. The van der Waals surface area contributed by atoms with Gasteiger partial charge in [-0.1, -0.05) is 13.8 Å². The molecule has 0 bridgehead atoms. The van der Waals surface area contributed by atoms with Crippen molar-refractivity contribution in [3.05, 3.63) is 72.0 Å². The minimum Gasteiger partial charge on any atom is -0.481 e. The number of hydrogen-bond donors (Lipinski definition) is 3. The maximum absolute atomic E-state index is 13.1. The zero-order valence-electron chi connectivity index (χ0n) is 19.0. The lowest BCUT2D eigenvalue weighted by Crippen LogP contribution is -2.32. The predicted octanol–water partition coefficient (Wildman–Crippen LogP) is 4.00. The van der Waals surface area contributed by atoms with Crippen molar-refractivity contribution < 1.29 is 23.8 Å². The zero-order chi connectivity index (χ0) is 24.5. The lowest BCUT2D eigenvalue weighted by Gasteiger charge is -2.23. The fourth-order valence-corrected chi connectivity index (χ4v) is 3.06. The molecule has 1 aromatic heterocycles. The molecule has 0 saturated carbocycles. The summed E-state index contributed by atoms with van der Waals surface area (Å²) in [4.78, 5) is 22.6. The number of nitrogens with zero attached hydrogens (tertiary/aromatic N) is 2. The monoisotopic (exact) mass is 466 g/mol. The van der Waals surface area contributed by atoms with Gasteiger partial charge in [0.1, 0.15) is 12.4 Å². The summed E-state index contributed by atoms with van der Waals surface area (Å²) in [6.45, 7) is 4.55.